The largest absolute Gasteiger partial charge is 0.401 e. The lowest BCUT2D eigenvalue weighted by Gasteiger charge is -2.17. The molecular weight excluding hydrogens is 248 g/mol. The number of rotatable bonds is 2. The second-order valence-corrected chi connectivity index (χ2v) is 4.70. The Hall–Kier alpha value is -2.68. The van der Waals surface area contributed by atoms with Gasteiger partial charge in [0.15, 0.2) is 5.78 Å². The smallest absolute Gasteiger partial charge is 0.196 e. The van der Waals surface area contributed by atoms with E-state index in [1.54, 1.807) is 6.21 Å². The average Bonchev–Trinajstić information content (AvgIpc) is 2.48. The number of para-hydroxylation sites is 1. The van der Waals surface area contributed by atoms with E-state index in [1.807, 2.05) is 54.6 Å². The number of nitrogens with zero attached hydrogens (tertiary/aromatic N) is 1. The highest BCUT2D eigenvalue weighted by Crippen LogP contribution is 2.23. The molecule has 0 aliphatic heterocycles. The number of ketones is 1. The fourth-order valence-corrected chi connectivity index (χ4v) is 2.28. The lowest BCUT2D eigenvalue weighted by atomic mass is 9.89. The van der Waals surface area contributed by atoms with Gasteiger partial charge in [-0.25, -0.2) is 0 Å². The predicted molar refractivity (Wildman–Crippen MR) is 80.3 cm³/mol. The first-order valence-electron chi connectivity index (χ1n) is 6.46. The van der Waals surface area contributed by atoms with Crippen LogP contribution in [0.4, 0.5) is 5.69 Å². The van der Waals surface area contributed by atoms with Crippen LogP contribution in [0.3, 0.4) is 0 Å². The number of carbonyl (C=O) groups excluding carboxylic acids is 1. The number of hydrogen-bond acceptors (Lipinski definition) is 3. The molecule has 0 spiro atoms. The first-order chi connectivity index (χ1) is 9.75. The van der Waals surface area contributed by atoms with Gasteiger partial charge in [-0.2, -0.15) is 0 Å². The van der Waals surface area contributed by atoms with Crippen molar-refractivity contribution in [2.24, 2.45) is 10.7 Å². The van der Waals surface area contributed by atoms with E-state index < -0.39 is 0 Å². The summed E-state index contributed by atoms with van der Waals surface area (Å²) in [5.74, 6) is -0.0518. The maximum Gasteiger partial charge on any atom is 0.196 e. The molecule has 98 valence electrons. The summed E-state index contributed by atoms with van der Waals surface area (Å²) in [5, 5.41) is 0. The van der Waals surface area contributed by atoms with Crippen LogP contribution in [0.5, 0.6) is 0 Å². The maximum absolute atomic E-state index is 12.4. The minimum absolute atomic E-state index is 0.0518. The normalized spacial score (nSPS) is 14.7. The lowest BCUT2D eigenvalue weighted by molar-refractivity contribution is 0.103. The molecular formula is C17H14N2O. The highest BCUT2D eigenvalue weighted by atomic mass is 16.1. The third kappa shape index (κ3) is 2.26. The van der Waals surface area contributed by atoms with E-state index in [9.17, 15) is 4.79 Å². The van der Waals surface area contributed by atoms with Crippen molar-refractivity contribution in [1.82, 2.24) is 0 Å². The highest BCUT2D eigenvalue weighted by Gasteiger charge is 2.22. The van der Waals surface area contributed by atoms with E-state index in [2.05, 4.69) is 4.99 Å². The number of hydrogen-bond donors (Lipinski definition) is 1. The number of aliphatic imine (C=N–C) groups is 1. The molecule has 3 rings (SSSR count). The number of nitrogens with two attached hydrogens (primary N) is 1. The van der Waals surface area contributed by atoms with Crippen molar-refractivity contribution in [3.63, 3.8) is 0 Å². The molecule has 2 aromatic rings. The van der Waals surface area contributed by atoms with Crippen molar-refractivity contribution < 1.29 is 4.79 Å². The number of Topliss-reactive ketones (excluding diaryl/α,β-unsaturated/α-hetero) is 1. The Morgan fingerprint density at radius 1 is 1.00 bits per heavy atom. The number of allylic oxidation sites excluding steroid dienone is 2. The Labute approximate surface area is 117 Å². The third-order valence-corrected chi connectivity index (χ3v) is 3.33. The monoisotopic (exact) mass is 262 g/mol. The van der Waals surface area contributed by atoms with Crippen molar-refractivity contribution in [2.75, 3.05) is 0 Å². The Balaban J connectivity index is 1.95. The summed E-state index contributed by atoms with van der Waals surface area (Å²) in [7, 11) is 0. The molecule has 2 aromatic carbocycles. The highest BCUT2D eigenvalue weighted by molar-refractivity contribution is 6.23. The summed E-state index contributed by atoms with van der Waals surface area (Å²) in [5.41, 5.74) is 9.59. The van der Waals surface area contributed by atoms with Crippen LogP contribution < -0.4 is 5.73 Å². The van der Waals surface area contributed by atoms with Gasteiger partial charge < -0.3 is 5.73 Å². The van der Waals surface area contributed by atoms with Gasteiger partial charge in [-0.05, 0) is 17.7 Å². The molecule has 0 saturated carbocycles. The summed E-state index contributed by atoms with van der Waals surface area (Å²) in [6, 6.07) is 17.1. The molecule has 1 aliphatic carbocycles. The SMILES string of the molecule is NC1=C(C=Nc2ccccc2)C(=O)c2ccccc2C1. The molecule has 3 nitrogen and oxygen atoms in total. The fourth-order valence-electron chi connectivity index (χ4n) is 2.28. The van der Waals surface area contributed by atoms with Crippen LogP contribution in [0, 0.1) is 0 Å². The maximum atomic E-state index is 12.4. The first kappa shape index (κ1) is 12.4. The summed E-state index contributed by atoms with van der Waals surface area (Å²) in [4.78, 5) is 16.7. The summed E-state index contributed by atoms with van der Waals surface area (Å²) in [6.07, 6.45) is 2.17. The molecule has 0 unspecified atom stereocenters. The van der Waals surface area contributed by atoms with E-state index in [0.29, 0.717) is 17.7 Å². The second-order valence-electron chi connectivity index (χ2n) is 4.70. The predicted octanol–water partition coefficient (Wildman–Crippen LogP) is 3.04. The molecule has 3 heteroatoms. The molecule has 0 atom stereocenters. The topological polar surface area (TPSA) is 55.4 Å². The quantitative estimate of drug-likeness (QED) is 0.846. The van der Waals surface area contributed by atoms with E-state index in [1.165, 1.54) is 0 Å². The van der Waals surface area contributed by atoms with Crippen molar-refractivity contribution in [3.05, 3.63) is 77.0 Å². The molecule has 2 N–H and O–H groups in total. The van der Waals surface area contributed by atoms with Crippen molar-refractivity contribution in [3.8, 4) is 0 Å². The summed E-state index contributed by atoms with van der Waals surface area (Å²) < 4.78 is 0. The zero-order valence-corrected chi connectivity index (χ0v) is 10.9. The van der Waals surface area contributed by atoms with Crippen LogP contribution >= 0.6 is 0 Å². The molecule has 0 aromatic heterocycles. The van der Waals surface area contributed by atoms with Crippen molar-refractivity contribution in [1.29, 1.82) is 0 Å². The van der Waals surface area contributed by atoms with Crippen molar-refractivity contribution >= 4 is 17.7 Å². The van der Waals surface area contributed by atoms with Gasteiger partial charge in [0.2, 0.25) is 0 Å². The number of benzene rings is 2. The number of carbonyl (C=O) groups is 1. The van der Waals surface area contributed by atoms with Crippen LogP contribution in [0.1, 0.15) is 15.9 Å². The zero-order valence-electron chi connectivity index (χ0n) is 10.9. The minimum atomic E-state index is -0.0518. The van der Waals surface area contributed by atoms with Gasteiger partial charge in [-0.3, -0.25) is 9.79 Å². The number of fused-ring (bicyclic) bond motifs is 1. The minimum Gasteiger partial charge on any atom is -0.401 e. The van der Waals surface area contributed by atoms with Crippen LogP contribution in [-0.4, -0.2) is 12.0 Å². The first-order valence-corrected chi connectivity index (χ1v) is 6.46. The average molecular weight is 262 g/mol. The molecule has 0 amide bonds. The molecule has 20 heavy (non-hydrogen) atoms. The fraction of sp³-hybridized carbons (Fsp3) is 0.0588. The van der Waals surface area contributed by atoms with Crippen molar-refractivity contribution in [2.45, 2.75) is 6.42 Å². The zero-order chi connectivity index (χ0) is 13.9. The summed E-state index contributed by atoms with van der Waals surface area (Å²) in [6.45, 7) is 0. The van der Waals surface area contributed by atoms with Gasteiger partial charge in [-0.1, -0.05) is 42.5 Å². The van der Waals surface area contributed by atoms with Crippen LogP contribution in [0.15, 0.2) is 70.9 Å². The van der Waals surface area contributed by atoms with Gasteiger partial charge >= 0.3 is 0 Å². The van der Waals surface area contributed by atoms with Gasteiger partial charge in [0.05, 0.1) is 11.3 Å². The molecule has 0 bridgehead atoms. The molecule has 0 heterocycles. The van der Waals surface area contributed by atoms with Crippen LogP contribution in [0.25, 0.3) is 0 Å². The van der Waals surface area contributed by atoms with E-state index in [0.717, 1.165) is 16.8 Å². The second kappa shape index (κ2) is 5.13. The van der Waals surface area contributed by atoms with Gasteiger partial charge in [0.25, 0.3) is 0 Å². The van der Waals surface area contributed by atoms with Crippen LogP contribution in [-0.2, 0) is 6.42 Å². The van der Waals surface area contributed by atoms with E-state index >= 15 is 0 Å². The van der Waals surface area contributed by atoms with E-state index in [-0.39, 0.29) is 5.78 Å². The Kier molecular flexibility index (Phi) is 3.17. The summed E-state index contributed by atoms with van der Waals surface area (Å²) >= 11 is 0. The Morgan fingerprint density at radius 3 is 2.50 bits per heavy atom. The lowest BCUT2D eigenvalue weighted by Crippen LogP contribution is -2.21. The van der Waals surface area contributed by atoms with Gasteiger partial charge in [0, 0.05) is 23.9 Å². The van der Waals surface area contributed by atoms with Gasteiger partial charge in [0.1, 0.15) is 0 Å². The van der Waals surface area contributed by atoms with Crippen LogP contribution in [0.2, 0.25) is 0 Å². The Bertz CT molecular complexity index is 715. The third-order valence-electron chi connectivity index (χ3n) is 3.33. The molecule has 0 radical (unpaired) electrons. The molecule has 0 saturated heterocycles. The van der Waals surface area contributed by atoms with E-state index in [4.69, 9.17) is 5.73 Å². The molecule has 0 fully saturated rings. The molecule has 1 aliphatic rings. The van der Waals surface area contributed by atoms with Gasteiger partial charge in [-0.15, -0.1) is 0 Å². The Morgan fingerprint density at radius 2 is 1.70 bits per heavy atom. The standard InChI is InChI=1S/C17H14N2O/c18-16-10-12-6-4-5-9-14(12)17(20)15(16)11-19-13-7-2-1-3-8-13/h1-9,11H,10,18H2.